The highest BCUT2D eigenvalue weighted by Crippen LogP contribution is 2.41. The van der Waals surface area contributed by atoms with Gasteiger partial charge in [0, 0.05) is 11.5 Å². The van der Waals surface area contributed by atoms with Crippen LogP contribution >= 0.6 is 0 Å². The zero-order valence-electron chi connectivity index (χ0n) is 10.0. The molecule has 1 aromatic carbocycles. The smallest absolute Gasteiger partial charge is 0.358 e. The van der Waals surface area contributed by atoms with Gasteiger partial charge in [-0.2, -0.15) is 0 Å². The summed E-state index contributed by atoms with van der Waals surface area (Å²) < 4.78 is 5.63. The second-order valence-electron chi connectivity index (χ2n) is 4.68. The summed E-state index contributed by atoms with van der Waals surface area (Å²) in [5.41, 5.74) is 1.90. The van der Waals surface area contributed by atoms with Crippen molar-refractivity contribution in [2.75, 3.05) is 0 Å². The third-order valence-corrected chi connectivity index (χ3v) is 3.09. The van der Waals surface area contributed by atoms with E-state index in [9.17, 15) is 9.90 Å². The second-order valence-corrected chi connectivity index (χ2v) is 4.68. The lowest BCUT2D eigenvalue weighted by molar-refractivity contribution is 0.0691. The summed E-state index contributed by atoms with van der Waals surface area (Å²) in [5.74, 6) is 0.191. The van der Waals surface area contributed by atoms with Crippen molar-refractivity contribution in [2.45, 2.75) is 25.7 Å². The van der Waals surface area contributed by atoms with Gasteiger partial charge in [-0.3, -0.25) is 0 Å². The number of carboxylic acid groups (broad SMARTS) is 1. The molecule has 1 N–H and O–H groups in total. The number of carbonyl (C=O) groups is 1. The minimum atomic E-state index is -1.04. The van der Waals surface area contributed by atoms with Gasteiger partial charge < -0.3 is 9.52 Å². The molecule has 0 atom stereocenters. The number of nitrogens with zero attached hydrogens (tertiary/aromatic N) is 1. The van der Waals surface area contributed by atoms with Gasteiger partial charge in [0.2, 0.25) is 0 Å². The van der Waals surface area contributed by atoms with Crippen molar-refractivity contribution in [3.8, 4) is 11.3 Å². The predicted molar refractivity (Wildman–Crippen MR) is 65.6 cm³/mol. The van der Waals surface area contributed by atoms with Crippen LogP contribution in [0.3, 0.4) is 0 Å². The Bertz CT molecular complexity index is 594. The number of hydrogen-bond acceptors (Lipinski definition) is 3. The van der Waals surface area contributed by atoms with Crippen LogP contribution in [0.2, 0.25) is 0 Å². The monoisotopic (exact) mass is 243 g/mol. The molecule has 0 radical (unpaired) electrons. The maximum Gasteiger partial charge on any atom is 0.358 e. The zero-order chi connectivity index (χ0) is 12.7. The molecule has 2 aromatic rings. The molecular formula is C14H13NO3. The Labute approximate surface area is 104 Å². The van der Waals surface area contributed by atoms with Gasteiger partial charge in [-0.25, -0.2) is 9.78 Å². The molecule has 1 saturated carbocycles. The van der Waals surface area contributed by atoms with Gasteiger partial charge >= 0.3 is 5.97 Å². The van der Waals surface area contributed by atoms with Crippen molar-refractivity contribution in [1.29, 1.82) is 0 Å². The molecule has 92 valence electrons. The van der Waals surface area contributed by atoms with Crippen molar-refractivity contribution >= 4 is 5.97 Å². The van der Waals surface area contributed by atoms with Crippen LogP contribution in [-0.4, -0.2) is 16.1 Å². The molecule has 1 fully saturated rings. The quantitative estimate of drug-likeness (QED) is 0.898. The van der Waals surface area contributed by atoms with Gasteiger partial charge in [0.1, 0.15) is 0 Å². The molecule has 4 heteroatoms. The number of aryl methyl sites for hydroxylation is 1. The molecule has 0 unspecified atom stereocenters. The first-order valence-electron chi connectivity index (χ1n) is 5.96. The van der Waals surface area contributed by atoms with E-state index in [0.29, 0.717) is 17.6 Å². The third-order valence-electron chi connectivity index (χ3n) is 3.09. The summed E-state index contributed by atoms with van der Waals surface area (Å²) in [6, 6.07) is 7.58. The largest absolute Gasteiger partial charge is 0.476 e. The van der Waals surface area contributed by atoms with E-state index >= 15 is 0 Å². The molecule has 0 amide bonds. The number of hydrogen-bond donors (Lipinski definition) is 1. The van der Waals surface area contributed by atoms with Crippen molar-refractivity contribution < 1.29 is 14.3 Å². The Balaban J connectivity index is 2.08. The highest BCUT2D eigenvalue weighted by atomic mass is 16.4. The first kappa shape index (κ1) is 11.0. The van der Waals surface area contributed by atoms with E-state index in [1.54, 1.807) is 0 Å². The summed E-state index contributed by atoms with van der Waals surface area (Å²) in [6.07, 6.45) is 2.07. The minimum absolute atomic E-state index is 0.0146. The van der Waals surface area contributed by atoms with Crippen LogP contribution in [0.1, 0.15) is 40.7 Å². The fourth-order valence-electron chi connectivity index (χ4n) is 1.89. The Morgan fingerprint density at radius 1 is 1.33 bits per heavy atom. The molecule has 1 heterocycles. The lowest BCUT2D eigenvalue weighted by atomic mass is 10.1. The van der Waals surface area contributed by atoms with Crippen LogP contribution in [0.25, 0.3) is 11.3 Å². The van der Waals surface area contributed by atoms with Gasteiger partial charge in [0.15, 0.2) is 17.3 Å². The highest BCUT2D eigenvalue weighted by Gasteiger charge is 2.32. The van der Waals surface area contributed by atoms with Crippen molar-refractivity contribution in [2.24, 2.45) is 0 Å². The molecule has 1 aliphatic carbocycles. The molecular weight excluding hydrogens is 230 g/mol. The maximum absolute atomic E-state index is 11.2. The summed E-state index contributed by atoms with van der Waals surface area (Å²) in [4.78, 5) is 15.3. The van der Waals surface area contributed by atoms with E-state index in [-0.39, 0.29) is 5.69 Å². The van der Waals surface area contributed by atoms with Crippen LogP contribution < -0.4 is 0 Å². The van der Waals surface area contributed by atoms with Gasteiger partial charge in [-0.05, 0) is 19.8 Å². The fourth-order valence-corrected chi connectivity index (χ4v) is 1.89. The molecule has 0 aliphatic heterocycles. The SMILES string of the molecule is Cc1ccc(-c2oc(C3CC3)nc2C(=O)O)cc1. The van der Waals surface area contributed by atoms with Gasteiger partial charge in [-0.15, -0.1) is 0 Å². The molecule has 4 nitrogen and oxygen atoms in total. The molecule has 1 aliphatic rings. The Morgan fingerprint density at radius 2 is 2.00 bits per heavy atom. The van der Waals surface area contributed by atoms with Crippen LogP contribution in [0.4, 0.5) is 0 Å². The van der Waals surface area contributed by atoms with Crippen molar-refractivity contribution in [3.63, 3.8) is 0 Å². The maximum atomic E-state index is 11.2. The van der Waals surface area contributed by atoms with E-state index in [4.69, 9.17) is 4.42 Å². The molecule has 0 spiro atoms. The molecule has 0 saturated heterocycles. The van der Waals surface area contributed by atoms with Gasteiger partial charge in [-0.1, -0.05) is 29.8 Å². The van der Waals surface area contributed by atoms with E-state index in [2.05, 4.69) is 4.98 Å². The summed E-state index contributed by atoms with van der Waals surface area (Å²) in [5, 5.41) is 9.17. The standard InChI is InChI=1S/C14H13NO3/c1-8-2-4-9(5-3-8)12-11(14(16)17)15-13(18-12)10-6-7-10/h2-5,10H,6-7H2,1H3,(H,16,17). The normalized spacial score (nSPS) is 14.7. The van der Waals surface area contributed by atoms with E-state index in [0.717, 1.165) is 24.0 Å². The van der Waals surface area contributed by atoms with Crippen LogP contribution in [0.5, 0.6) is 0 Å². The molecule has 18 heavy (non-hydrogen) atoms. The lowest BCUT2D eigenvalue weighted by Gasteiger charge is -1.98. The number of aromatic nitrogens is 1. The topological polar surface area (TPSA) is 63.3 Å². The van der Waals surface area contributed by atoms with Crippen molar-refractivity contribution in [3.05, 3.63) is 41.4 Å². The van der Waals surface area contributed by atoms with Crippen LogP contribution in [0, 0.1) is 6.92 Å². The lowest BCUT2D eigenvalue weighted by Crippen LogP contribution is -1.99. The molecule has 1 aromatic heterocycles. The molecule has 0 bridgehead atoms. The predicted octanol–water partition coefficient (Wildman–Crippen LogP) is 3.23. The van der Waals surface area contributed by atoms with Gasteiger partial charge in [0.25, 0.3) is 0 Å². The van der Waals surface area contributed by atoms with E-state index < -0.39 is 5.97 Å². The van der Waals surface area contributed by atoms with E-state index in [1.807, 2.05) is 31.2 Å². The Kier molecular flexibility index (Phi) is 2.44. The average Bonchev–Trinajstić information content (AvgIpc) is 3.09. The number of rotatable bonds is 3. The van der Waals surface area contributed by atoms with Crippen LogP contribution in [0.15, 0.2) is 28.7 Å². The average molecular weight is 243 g/mol. The number of carboxylic acids is 1. The van der Waals surface area contributed by atoms with Crippen molar-refractivity contribution in [1.82, 2.24) is 4.98 Å². The summed E-state index contributed by atoms with van der Waals surface area (Å²) in [7, 11) is 0. The zero-order valence-corrected chi connectivity index (χ0v) is 10.0. The number of benzene rings is 1. The summed E-state index contributed by atoms with van der Waals surface area (Å²) in [6.45, 7) is 1.98. The van der Waals surface area contributed by atoms with Gasteiger partial charge in [0.05, 0.1) is 0 Å². The second kappa shape index (κ2) is 3.98. The summed E-state index contributed by atoms with van der Waals surface area (Å²) >= 11 is 0. The Hall–Kier alpha value is -2.10. The highest BCUT2D eigenvalue weighted by molar-refractivity contribution is 5.92. The minimum Gasteiger partial charge on any atom is -0.476 e. The van der Waals surface area contributed by atoms with E-state index in [1.165, 1.54) is 0 Å². The fraction of sp³-hybridized carbons (Fsp3) is 0.286. The number of aromatic carboxylic acids is 1. The first-order valence-corrected chi connectivity index (χ1v) is 5.96. The number of oxazole rings is 1. The first-order chi connectivity index (χ1) is 8.65. The Morgan fingerprint density at radius 3 is 2.56 bits per heavy atom. The molecule has 3 rings (SSSR count). The third kappa shape index (κ3) is 1.90. The van der Waals surface area contributed by atoms with Crippen LogP contribution in [-0.2, 0) is 0 Å².